The Morgan fingerprint density at radius 1 is 1.20 bits per heavy atom. The molecule has 0 aliphatic rings. The second-order valence-corrected chi connectivity index (χ2v) is 4.33. The Kier molecular flexibility index (Phi) is 5.93. The first kappa shape index (κ1) is 13.9. The van der Waals surface area contributed by atoms with Gasteiger partial charge in [-0.2, -0.15) is 0 Å². The van der Waals surface area contributed by atoms with Gasteiger partial charge in [-0.3, -0.25) is 9.59 Å². The first-order chi connectivity index (χ1) is 6.85. The standard InChI is InChI=1S/C10H20N2O3/c1-10(2,3)12-8(13)5-6-11-9(14)7-15-4/h5-7H2,1-4H3,(H,11,14)(H,12,13). The van der Waals surface area contributed by atoms with Crippen LogP contribution in [0, 0.1) is 0 Å². The van der Waals surface area contributed by atoms with Crippen LogP contribution in [-0.4, -0.2) is 37.6 Å². The van der Waals surface area contributed by atoms with E-state index in [0.29, 0.717) is 6.54 Å². The highest BCUT2D eigenvalue weighted by molar-refractivity contribution is 5.79. The minimum absolute atomic E-state index is 0.0287. The summed E-state index contributed by atoms with van der Waals surface area (Å²) in [6.07, 6.45) is 0.284. The van der Waals surface area contributed by atoms with E-state index in [0.717, 1.165) is 0 Å². The first-order valence-electron chi connectivity index (χ1n) is 4.92. The van der Waals surface area contributed by atoms with Gasteiger partial charge in [-0.05, 0) is 20.8 Å². The number of methoxy groups -OCH3 is 1. The van der Waals surface area contributed by atoms with E-state index in [-0.39, 0.29) is 30.4 Å². The summed E-state index contributed by atoms with van der Waals surface area (Å²) in [4.78, 5) is 22.2. The Morgan fingerprint density at radius 3 is 2.27 bits per heavy atom. The summed E-state index contributed by atoms with van der Waals surface area (Å²) in [5.74, 6) is -0.277. The normalized spacial score (nSPS) is 10.9. The van der Waals surface area contributed by atoms with Crippen molar-refractivity contribution in [2.45, 2.75) is 32.7 Å². The lowest BCUT2D eigenvalue weighted by molar-refractivity contribution is -0.125. The van der Waals surface area contributed by atoms with Gasteiger partial charge in [0.25, 0.3) is 0 Å². The monoisotopic (exact) mass is 216 g/mol. The van der Waals surface area contributed by atoms with Gasteiger partial charge in [-0.15, -0.1) is 0 Å². The lowest BCUT2D eigenvalue weighted by Gasteiger charge is -2.20. The molecule has 0 atom stereocenters. The maximum absolute atomic E-state index is 11.3. The molecular weight excluding hydrogens is 196 g/mol. The third kappa shape index (κ3) is 9.21. The zero-order valence-electron chi connectivity index (χ0n) is 9.85. The molecule has 0 rings (SSSR count). The molecule has 88 valence electrons. The van der Waals surface area contributed by atoms with E-state index in [1.807, 2.05) is 20.8 Å². The molecule has 15 heavy (non-hydrogen) atoms. The average Bonchev–Trinajstić information content (AvgIpc) is 2.00. The molecule has 0 spiro atoms. The van der Waals surface area contributed by atoms with Crippen molar-refractivity contribution in [3.05, 3.63) is 0 Å². The van der Waals surface area contributed by atoms with Gasteiger partial charge in [0.1, 0.15) is 6.61 Å². The second-order valence-electron chi connectivity index (χ2n) is 4.33. The van der Waals surface area contributed by atoms with Gasteiger partial charge >= 0.3 is 0 Å². The minimum atomic E-state index is -0.229. The lowest BCUT2D eigenvalue weighted by Crippen LogP contribution is -2.42. The fourth-order valence-corrected chi connectivity index (χ4v) is 0.978. The van der Waals surface area contributed by atoms with Crippen molar-refractivity contribution in [1.29, 1.82) is 0 Å². The quantitative estimate of drug-likeness (QED) is 0.682. The van der Waals surface area contributed by atoms with Gasteiger partial charge in [-0.1, -0.05) is 0 Å². The second kappa shape index (κ2) is 6.40. The van der Waals surface area contributed by atoms with E-state index in [9.17, 15) is 9.59 Å². The predicted octanol–water partition coefficient (Wildman–Crippen LogP) is 0.0538. The number of ether oxygens (including phenoxy) is 1. The number of nitrogens with one attached hydrogen (secondary N) is 2. The zero-order chi connectivity index (χ0) is 11.9. The summed E-state index contributed by atoms with van der Waals surface area (Å²) in [6, 6.07) is 0. The zero-order valence-corrected chi connectivity index (χ0v) is 9.85. The summed E-state index contributed by atoms with van der Waals surface area (Å²) in [7, 11) is 1.45. The summed E-state index contributed by atoms with van der Waals surface area (Å²) in [5, 5.41) is 5.38. The molecule has 0 unspecified atom stereocenters. The molecule has 0 aliphatic carbocycles. The van der Waals surface area contributed by atoms with Crippen molar-refractivity contribution in [3.8, 4) is 0 Å². The molecule has 0 radical (unpaired) electrons. The van der Waals surface area contributed by atoms with Gasteiger partial charge in [0.2, 0.25) is 11.8 Å². The smallest absolute Gasteiger partial charge is 0.245 e. The van der Waals surface area contributed by atoms with Crippen molar-refractivity contribution < 1.29 is 14.3 Å². The molecule has 2 N–H and O–H groups in total. The van der Waals surface area contributed by atoms with Crippen LogP contribution in [0.4, 0.5) is 0 Å². The molecule has 0 saturated carbocycles. The van der Waals surface area contributed by atoms with Crippen LogP contribution < -0.4 is 10.6 Å². The molecule has 0 bridgehead atoms. The number of hydrogen-bond donors (Lipinski definition) is 2. The van der Waals surface area contributed by atoms with Gasteiger partial charge < -0.3 is 15.4 Å². The van der Waals surface area contributed by atoms with Crippen molar-refractivity contribution in [1.82, 2.24) is 10.6 Å². The highest BCUT2D eigenvalue weighted by Crippen LogP contribution is 1.98. The number of rotatable bonds is 5. The van der Waals surface area contributed by atoms with Crippen LogP contribution in [0.3, 0.4) is 0 Å². The van der Waals surface area contributed by atoms with E-state index in [1.54, 1.807) is 0 Å². The topological polar surface area (TPSA) is 67.4 Å². The van der Waals surface area contributed by atoms with Crippen LogP contribution in [0.1, 0.15) is 27.2 Å². The Bertz CT molecular complexity index is 221. The van der Waals surface area contributed by atoms with Crippen LogP contribution in [0.5, 0.6) is 0 Å². The highest BCUT2D eigenvalue weighted by atomic mass is 16.5. The molecular formula is C10H20N2O3. The molecule has 0 saturated heterocycles. The molecule has 5 heteroatoms. The molecule has 0 aromatic heterocycles. The summed E-state index contributed by atoms with van der Waals surface area (Å²) < 4.78 is 4.63. The van der Waals surface area contributed by atoms with Crippen LogP contribution in [0.15, 0.2) is 0 Å². The molecule has 2 amide bonds. The first-order valence-corrected chi connectivity index (χ1v) is 4.92. The fraction of sp³-hybridized carbons (Fsp3) is 0.800. The van der Waals surface area contributed by atoms with Crippen LogP contribution >= 0.6 is 0 Å². The molecule has 0 fully saturated rings. The highest BCUT2D eigenvalue weighted by Gasteiger charge is 2.13. The molecule has 0 aliphatic heterocycles. The summed E-state index contributed by atoms with van der Waals surface area (Å²) >= 11 is 0. The molecule has 5 nitrogen and oxygen atoms in total. The molecule has 0 aromatic carbocycles. The van der Waals surface area contributed by atoms with E-state index in [1.165, 1.54) is 7.11 Å². The lowest BCUT2D eigenvalue weighted by atomic mass is 10.1. The third-order valence-electron chi connectivity index (χ3n) is 1.46. The van der Waals surface area contributed by atoms with E-state index in [4.69, 9.17) is 0 Å². The number of carbonyl (C=O) groups excluding carboxylic acids is 2. The Hall–Kier alpha value is -1.10. The van der Waals surface area contributed by atoms with E-state index >= 15 is 0 Å². The van der Waals surface area contributed by atoms with Gasteiger partial charge in [0.05, 0.1) is 0 Å². The predicted molar refractivity (Wildman–Crippen MR) is 57.4 cm³/mol. The van der Waals surface area contributed by atoms with Gasteiger partial charge in [-0.25, -0.2) is 0 Å². The van der Waals surface area contributed by atoms with Crippen molar-refractivity contribution in [3.63, 3.8) is 0 Å². The summed E-state index contributed by atoms with van der Waals surface area (Å²) in [5.41, 5.74) is -0.229. The van der Waals surface area contributed by atoms with Gasteiger partial charge in [0, 0.05) is 25.6 Å². The largest absolute Gasteiger partial charge is 0.375 e. The van der Waals surface area contributed by atoms with Crippen LogP contribution in [-0.2, 0) is 14.3 Å². The summed E-state index contributed by atoms with van der Waals surface area (Å²) in [6.45, 7) is 6.10. The number of amides is 2. The number of carbonyl (C=O) groups is 2. The fourth-order valence-electron chi connectivity index (χ4n) is 0.978. The van der Waals surface area contributed by atoms with E-state index in [2.05, 4.69) is 15.4 Å². The third-order valence-corrected chi connectivity index (χ3v) is 1.46. The molecule has 0 aromatic rings. The Morgan fingerprint density at radius 2 is 1.80 bits per heavy atom. The SMILES string of the molecule is COCC(=O)NCCC(=O)NC(C)(C)C. The van der Waals surface area contributed by atoms with E-state index < -0.39 is 0 Å². The van der Waals surface area contributed by atoms with Crippen LogP contribution in [0.25, 0.3) is 0 Å². The Labute approximate surface area is 90.6 Å². The number of hydrogen-bond acceptors (Lipinski definition) is 3. The average molecular weight is 216 g/mol. The van der Waals surface area contributed by atoms with Crippen molar-refractivity contribution in [2.75, 3.05) is 20.3 Å². The minimum Gasteiger partial charge on any atom is -0.375 e. The molecule has 0 heterocycles. The van der Waals surface area contributed by atoms with Crippen molar-refractivity contribution in [2.24, 2.45) is 0 Å². The maximum Gasteiger partial charge on any atom is 0.245 e. The maximum atomic E-state index is 11.3. The van der Waals surface area contributed by atoms with Crippen molar-refractivity contribution >= 4 is 11.8 Å². The Balaban J connectivity index is 3.60. The van der Waals surface area contributed by atoms with Gasteiger partial charge in [0.15, 0.2) is 0 Å². The van der Waals surface area contributed by atoms with Crippen LogP contribution in [0.2, 0.25) is 0 Å².